The lowest BCUT2D eigenvalue weighted by Gasteiger charge is -2.31. The predicted octanol–water partition coefficient (Wildman–Crippen LogP) is 2.62. The summed E-state index contributed by atoms with van der Waals surface area (Å²) in [6.45, 7) is 2.09. The molecule has 2 nitrogen and oxygen atoms in total. The number of hydrogen-bond acceptors (Lipinski definition) is 1. The van der Waals surface area contributed by atoms with E-state index in [0.29, 0.717) is 5.39 Å². The molecule has 0 fully saturated rings. The Hall–Kier alpha value is -1.42. The minimum atomic E-state index is -0.755. The number of likely N-dealkylation sites (N-methyl/N-ethyl adjacent to an activating group) is 1. The van der Waals surface area contributed by atoms with Crippen LogP contribution in [0.1, 0.15) is 18.5 Å². The molecule has 2 atom stereocenters. The van der Waals surface area contributed by atoms with Gasteiger partial charge in [-0.05, 0) is 38.1 Å². The van der Waals surface area contributed by atoms with Crippen molar-refractivity contribution in [3.63, 3.8) is 0 Å². The molecule has 0 saturated carbocycles. The third kappa shape index (κ3) is 1.33. The maximum atomic E-state index is 13.7. The van der Waals surface area contributed by atoms with Crippen LogP contribution in [-0.4, -0.2) is 17.7 Å². The topological polar surface area (TPSA) is 17.0 Å². The Bertz CT molecular complexity index is 589. The summed E-state index contributed by atoms with van der Waals surface area (Å²) in [4.78, 5) is 0. The first kappa shape index (κ1) is 10.7. The van der Waals surface area contributed by atoms with Crippen molar-refractivity contribution in [2.75, 3.05) is 7.05 Å². The van der Waals surface area contributed by atoms with Crippen LogP contribution in [0.5, 0.6) is 0 Å². The van der Waals surface area contributed by atoms with Crippen molar-refractivity contribution in [3.8, 4) is 0 Å². The first-order chi connectivity index (χ1) is 8.13. The third-order valence-corrected chi connectivity index (χ3v) is 3.80. The number of hydrogen-bond donors (Lipinski definition) is 1. The Labute approximate surface area is 98.2 Å². The lowest BCUT2D eigenvalue weighted by molar-refractivity contribution is 0.381. The van der Waals surface area contributed by atoms with Gasteiger partial charge >= 0.3 is 0 Å². The van der Waals surface area contributed by atoms with E-state index in [1.165, 1.54) is 6.07 Å². The summed E-state index contributed by atoms with van der Waals surface area (Å²) in [7, 11) is 1.90. The molecule has 1 aromatic carbocycles. The van der Waals surface area contributed by atoms with Crippen LogP contribution in [0, 0.1) is 11.6 Å². The van der Waals surface area contributed by atoms with E-state index in [4.69, 9.17) is 0 Å². The van der Waals surface area contributed by atoms with E-state index in [2.05, 4.69) is 12.2 Å². The van der Waals surface area contributed by atoms with Crippen molar-refractivity contribution in [1.82, 2.24) is 9.88 Å². The van der Waals surface area contributed by atoms with Gasteiger partial charge in [-0.25, -0.2) is 8.78 Å². The molecule has 0 spiro atoms. The van der Waals surface area contributed by atoms with Crippen LogP contribution in [0.4, 0.5) is 8.78 Å². The Morgan fingerprint density at radius 1 is 1.41 bits per heavy atom. The van der Waals surface area contributed by atoms with Crippen molar-refractivity contribution >= 4 is 10.9 Å². The molecule has 1 aliphatic heterocycles. The lowest BCUT2D eigenvalue weighted by Crippen LogP contribution is -2.38. The third-order valence-electron chi connectivity index (χ3n) is 3.80. The highest BCUT2D eigenvalue weighted by atomic mass is 19.2. The SMILES string of the molecule is CN[C@@H]1Cc2cc(F)c(F)c3ccn(c23)[C@@H]1C. The summed E-state index contributed by atoms with van der Waals surface area (Å²) in [6.07, 6.45) is 2.57. The smallest absolute Gasteiger partial charge is 0.168 e. The maximum Gasteiger partial charge on any atom is 0.168 e. The molecule has 0 aliphatic carbocycles. The van der Waals surface area contributed by atoms with Crippen LogP contribution in [0.2, 0.25) is 0 Å². The van der Waals surface area contributed by atoms with E-state index < -0.39 is 11.6 Å². The van der Waals surface area contributed by atoms with E-state index in [9.17, 15) is 8.78 Å². The highest BCUT2D eigenvalue weighted by molar-refractivity contribution is 5.85. The average molecular weight is 236 g/mol. The zero-order chi connectivity index (χ0) is 12.2. The standard InChI is InChI=1S/C13H14F2N2/c1-7-11(16-2)6-8-5-10(14)12(15)9-3-4-17(7)13(8)9/h3-5,7,11,16H,6H2,1-2H3/t7-,11-/m1/s1. The first-order valence-electron chi connectivity index (χ1n) is 5.78. The van der Waals surface area contributed by atoms with Crippen molar-refractivity contribution in [1.29, 1.82) is 0 Å². The van der Waals surface area contributed by atoms with E-state index in [0.717, 1.165) is 17.5 Å². The molecule has 1 N–H and O–H groups in total. The number of halogens is 2. The van der Waals surface area contributed by atoms with Gasteiger partial charge in [0.2, 0.25) is 0 Å². The molecule has 0 unspecified atom stereocenters. The van der Waals surface area contributed by atoms with Crippen molar-refractivity contribution in [2.24, 2.45) is 0 Å². The van der Waals surface area contributed by atoms with E-state index in [-0.39, 0.29) is 12.1 Å². The minimum Gasteiger partial charge on any atom is -0.343 e. The molecular weight excluding hydrogens is 222 g/mol. The Morgan fingerprint density at radius 2 is 2.18 bits per heavy atom. The summed E-state index contributed by atoms with van der Waals surface area (Å²) in [5.74, 6) is -1.49. The molecule has 17 heavy (non-hydrogen) atoms. The van der Waals surface area contributed by atoms with Crippen LogP contribution in [0.25, 0.3) is 10.9 Å². The van der Waals surface area contributed by atoms with Gasteiger partial charge < -0.3 is 9.88 Å². The Kier molecular flexibility index (Phi) is 2.23. The number of aromatic nitrogens is 1. The summed E-state index contributed by atoms with van der Waals surface area (Å²) < 4.78 is 29.1. The summed E-state index contributed by atoms with van der Waals surface area (Å²) in [5.41, 5.74) is 1.71. The Balaban J connectivity index is 2.32. The second kappa shape index (κ2) is 3.53. The zero-order valence-electron chi connectivity index (χ0n) is 9.80. The van der Waals surface area contributed by atoms with Crippen molar-refractivity contribution in [3.05, 3.63) is 35.5 Å². The first-order valence-corrected chi connectivity index (χ1v) is 5.78. The fourth-order valence-electron chi connectivity index (χ4n) is 2.82. The number of nitrogens with one attached hydrogen (secondary N) is 1. The van der Waals surface area contributed by atoms with Crippen LogP contribution < -0.4 is 5.32 Å². The second-order valence-electron chi connectivity index (χ2n) is 4.66. The fraction of sp³-hybridized carbons (Fsp3) is 0.385. The van der Waals surface area contributed by atoms with E-state index in [1.807, 2.05) is 17.8 Å². The molecule has 2 heterocycles. The van der Waals surface area contributed by atoms with Gasteiger partial charge in [0.15, 0.2) is 11.6 Å². The molecule has 90 valence electrons. The fourth-order valence-corrected chi connectivity index (χ4v) is 2.82. The molecule has 4 heteroatoms. The van der Waals surface area contributed by atoms with Gasteiger partial charge in [0.25, 0.3) is 0 Å². The highest BCUT2D eigenvalue weighted by Crippen LogP contribution is 2.34. The lowest BCUT2D eigenvalue weighted by atomic mass is 9.94. The summed E-state index contributed by atoms with van der Waals surface area (Å²) >= 11 is 0. The van der Waals surface area contributed by atoms with Crippen LogP contribution >= 0.6 is 0 Å². The molecule has 3 rings (SSSR count). The summed E-state index contributed by atoms with van der Waals surface area (Å²) in [5, 5.41) is 3.61. The monoisotopic (exact) mass is 236 g/mol. The minimum absolute atomic E-state index is 0.245. The highest BCUT2D eigenvalue weighted by Gasteiger charge is 2.28. The molecule has 0 radical (unpaired) electrons. The van der Waals surface area contributed by atoms with Crippen LogP contribution in [-0.2, 0) is 6.42 Å². The number of rotatable bonds is 1. The molecule has 1 aromatic heterocycles. The van der Waals surface area contributed by atoms with Crippen LogP contribution in [0.15, 0.2) is 18.3 Å². The quantitative estimate of drug-likeness (QED) is 0.805. The largest absolute Gasteiger partial charge is 0.343 e. The van der Waals surface area contributed by atoms with E-state index in [1.54, 1.807) is 6.07 Å². The van der Waals surface area contributed by atoms with Gasteiger partial charge in [-0.3, -0.25) is 0 Å². The van der Waals surface area contributed by atoms with Crippen molar-refractivity contribution in [2.45, 2.75) is 25.4 Å². The van der Waals surface area contributed by atoms with Gasteiger partial charge in [-0.1, -0.05) is 0 Å². The molecule has 0 saturated heterocycles. The van der Waals surface area contributed by atoms with Gasteiger partial charge in [-0.2, -0.15) is 0 Å². The van der Waals surface area contributed by atoms with Crippen LogP contribution in [0.3, 0.4) is 0 Å². The maximum absolute atomic E-state index is 13.7. The normalized spacial score (nSPS) is 23.3. The predicted molar refractivity (Wildman–Crippen MR) is 63.1 cm³/mol. The molecular formula is C13H14F2N2. The zero-order valence-corrected chi connectivity index (χ0v) is 9.80. The molecule has 0 amide bonds. The number of benzene rings is 1. The molecule has 2 aromatic rings. The average Bonchev–Trinajstić information content (AvgIpc) is 2.76. The molecule has 0 bridgehead atoms. The second-order valence-corrected chi connectivity index (χ2v) is 4.66. The number of nitrogens with zero attached hydrogens (tertiary/aromatic N) is 1. The van der Waals surface area contributed by atoms with Gasteiger partial charge in [0, 0.05) is 23.7 Å². The summed E-state index contributed by atoms with van der Waals surface area (Å²) in [6, 6.07) is 3.48. The van der Waals surface area contributed by atoms with Gasteiger partial charge in [0.1, 0.15) is 0 Å². The van der Waals surface area contributed by atoms with Gasteiger partial charge in [-0.15, -0.1) is 0 Å². The van der Waals surface area contributed by atoms with Gasteiger partial charge in [0.05, 0.1) is 5.52 Å². The van der Waals surface area contributed by atoms with Crippen molar-refractivity contribution < 1.29 is 8.78 Å². The molecule has 1 aliphatic rings. The van der Waals surface area contributed by atoms with E-state index >= 15 is 0 Å². The Morgan fingerprint density at radius 3 is 2.88 bits per heavy atom.